The molecule has 1 fully saturated rings. The Morgan fingerprint density at radius 2 is 1.85 bits per heavy atom. The molecule has 1 saturated heterocycles. The Morgan fingerprint density at radius 3 is 2.64 bits per heavy atom. The van der Waals surface area contributed by atoms with Crippen molar-refractivity contribution in [2.24, 2.45) is 0 Å². The van der Waals surface area contributed by atoms with E-state index in [1.54, 1.807) is 0 Å². The highest BCUT2D eigenvalue weighted by atomic mass is 32.1. The van der Waals surface area contributed by atoms with Crippen LogP contribution in [0.15, 0.2) is 61.1 Å². The SMILES string of the molecule is Cc1sc(-c2ccc3ccccc3c2)cc1C1=C(c2cn([C@H]3C[C@H](O)[C@@H](CO)O3)c3ncnc(N)c23)CCC1. The Labute approximate surface area is 230 Å². The Kier molecular flexibility index (Phi) is 6.01. The highest BCUT2D eigenvalue weighted by Crippen LogP contribution is 2.47. The van der Waals surface area contributed by atoms with Crippen LogP contribution in [0.4, 0.5) is 5.82 Å². The van der Waals surface area contributed by atoms with Gasteiger partial charge in [-0.2, -0.15) is 0 Å². The minimum Gasteiger partial charge on any atom is -0.394 e. The molecule has 1 aliphatic heterocycles. The molecule has 2 aromatic carbocycles. The van der Waals surface area contributed by atoms with E-state index in [0.29, 0.717) is 17.9 Å². The van der Waals surface area contributed by atoms with Crippen LogP contribution in [0, 0.1) is 6.92 Å². The number of benzene rings is 2. The molecule has 7 nitrogen and oxygen atoms in total. The average Bonchev–Trinajstić information content (AvgIpc) is 3.73. The van der Waals surface area contributed by atoms with Crippen molar-refractivity contribution in [3.05, 3.63) is 77.1 Å². The number of aliphatic hydroxyl groups excluding tert-OH is 2. The lowest BCUT2D eigenvalue weighted by Crippen LogP contribution is -2.24. The summed E-state index contributed by atoms with van der Waals surface area (Å²) in [5, 5.41) is 23.3. The predicted octanol–water partition coefficient (Wildman–Crippen LogP) is 5.94. The van der Waals surface area contributed by atoms with Gasteiger partial charge in [-0.25, -0.2) is 9.97 Å². The molecular formula is C31H30N4O3S. The van der Waals surface area contributed by atoms with E-state index in [1.165, 1.54) is 49.1 Å². The standard InChI is InChI=1S/C31H30N4O3S/c1-17-23(12-27(39-17)20-10-9-18-5-2-3-6-19(18)11-20)21-7-4-8-22(21)24-14-35(28-13-25(37)26(15-36)38-28)31-29(24)30(32)33-16-34-31/h2-3,5-6,9-12,14,16,25-26,28,36-37H,4,7-8,13,15H2,1H3,(H2,32,33,34)/t25-,26+,28+/m0/s1. The van der Waals surface area contributed by atoms with Crippen molar-refractivity contribution in [3.8, 4) is 10.4 Å². The molecule has 2 aliphatic rings. The van der Waals surface area contributed by atoms with Gasteiger partial charge in [0.15, 0.2) is 0 Å². The summed E-state index contributed by atoms with van der Waals surface area (Å²) in [6, 6.07) is 17.5. The maximum Gasteiger partial charge on any atom is 0.148 e. The number of ether oxygens (including phenoxy) is 1. The van der Waals surface area contributed by atoms with Crippen LogP contribution in [-0.2, 0) is 4.74 Å². The molecular weight excluding hydrogens is 508 g/mol. The molecule has 198 valence electrons. The zero-order valence-electron chi connectivity index (χ0n) is 21.7. The van der Waals surface area contributed by atoms with E-state index in [0.717, 1.165) is 30.2 Å². The number of aliphatic hydroxyl groups is 2. The topological polar surface area (TPSA) is 106 Å². The van der Waals surface area contributed by atoms with Gasteiger partial charge < -0.3 is 25.3 Å². The van der Waals surface area contributed by atoms with Gasteiger partial charge in [-0.15, -0.1) is 11.3 Å². The van der Waals surface area contributed by atoms with E-state index < -0.39 is 18.4 Å². The molecule has 3 atom stereocenters. The molecule has 0 saturated carbocycles. The van der Waals surface area contributed by atoms with Crippen LogP contribution < -0.4 is 5.73 Å². The molecule has 39 heavy (non-hydrogen) atoms. The average molecular weight is 539 g/mol. The van der Waals surface area contributed by atoms with Gasteiger partial charge in [0.05, 0.1) is 18.1 Å². The normalized spacial score (nSPS) is 21.6. The van der Waals surface area contributed by atoms with Gasteiger partial charge in [-0.05, 0) is 71.4 Å². The summed E-state index contributed by atoms with van der Waals surface area (Å²) in [7, 11) is 0. The van der Waals surface area contributed by atoms with Gasteiger partial charge in [0.1, 0.15) is 30.1 Å². The van der Waals surface area contributed by atoms with Crippen LogP contribution in [0.3, 0.4) is 0 Å². The second-order valence-electron chi connectivity index (χ2n) is 10.5. The first-order chi connectivity index (χ1) is 19.0. The van der Waals surface area contributed by atoms with E-state index in [-0.39, 0.29) is 6.61 Å². The van der Waals surface area contributed by atoms with Crippen molar-refractivity contribution in [2.75, 3.05) is 12.3 Å². The Balaban J connectivity index is 1.34. The highest BCUT2D eigenvalue weighted by Gasteiger charge is 2.36. The molecule has 8 heteroatoms. The molecule has 5 aromatic rings. The monoisotopic (exact) mass is 538 g/mol. The third-order valence-electron chi connectivity index (χ3n) is 8.15. The summed E-state index contributed by atoms with van der Waals surface area (Å²) in [6.45, 7) is 1.98. The van der Waals surface area contributed by atoms with Crippen molar-refractivity contribution < 1.29 is 14.9 Å². The third kappa shape index (κ3) is 4.06. The number of nitrogens with two attached hydrogens (primary N) is 1. The van der Waals surface area contributed by atoms with E-state index in [1.807, 2.05) is 15.9 Å². The second kappa shape index (κ2) is 9.57. The maximum atomic E-state index is 10.4. The number of hydrogen-bond acceptors (Lipinski definition) is 7. The summed E-state index contributed by atoms with van der Waals surface area (Å²) < 4.78 is 7.94. The van der Waals surface area contributed by atoms with Crippen molar-refractivity contribution >= 4 is 50.1 Å². The van der Waals surface area contributed by atoms with Crippen LogP contribution in [0.1, 0.15) is 47.9 Å². The van der Waals surface area contributed by atoms with Crippen molar-refractivity contribution in [1.82, 2.24) is 14.5 Å². The molecule has 0 radical (unpaired) electrons. The molecule has 0 spiro atoms. The van der Waals surface area contributed by atoms with Crippen molar-refractivity contribution in [1.29, 1.82) is 0 Å². The Hall–Kier alpha value is -3.56. The number of aryl methyl sites for hydroxylation is 1. The van der Waals surface area contributed by atoms with Gasteiger partial charge in [0.2, 0.25) is 0 Å². The van der Waals surface area contributed by atoms with E-state index in [9.17, 15) is 10.2 Å². The van der Waals surface area contributed by atoms with Crippen LogP contribution in [0.5, 0.6) is 0 Å². The van der Waals surface area contributed by atoms with E-state index in [4.69, 9.17) is 10.5 Å². The third-order valence-corrected chi connectivity index (χ3v) is 9.25. The number of nitrogen functional groups attached to an aromatic ring is 1. The van der Waals surface area contributed by atoms with Crippen LogP contribution in [0.2, 0.25) is 0 Å². The maximum absolute atomic E-state index is 10.4. The molecule has 7 rings (SSSR count). The Bertz CT molecular complexity index is 1750. The fraction of sp³-hybridized carbons (Fsp3) is 0.290. The number of thiophene rings is 1. The number of anilines is 1. The molecule has 3 aromatic heterocycles. The van der Waals surface area contributed by atoms with Gasteiger partial charge in [-0.3, -0.25) is 0 Å². The number of hydrogen-bond donors (Lipinski definition) is 3. The van der Waals surface area contributed by atoms with Crippen LogP contribution in [-0.4, -0.2) is 43.6 Å². The number of aromatic nitrogens is 3. The second-order valence-corrected chi connectivity index (χ2v) is 11.7. The quantitative estimate of drug-likeness (QED) is 0.256. The van der Waals surface area contributed by atoms with Crippen LogP contribution >= 0.6 is 11.3 Å². The summed E-state index contributed by atoms with van der Waals surface area (Å²) in [6.07, 6.45) is 5.12. The predicted molar refractivity (Wildman–Crippen MR) is 156 cm³/mol. The van der Waals surface area contributed by atoms with Gasteiger partial charge in [-0.1, -0.05) is 36.4 Å². The molecule has 1 aliphatic carbocycles. The molecule has 0 amide bonds. The highest BCUT2D eigenvalue weighted by molar-refractivity contribution is 7.15. The lowest BCUT2D eigenvalue weighted by Gasteiger charge is -2.14. The van der Waals surface area contributed by atoms with Gasteiger partial charge in [0.25, 0.3) is 0 Å². The number of rotatable bonds is 5. The summed E-state index contributed by atoms with van der Waals surface area (Å²) >= 11 is 1.84. The fourth-order valence-corrected chi connectivity index (χ4v) is 7.26. The lowest BCUT2D eigenvalue weighted by atomic mass is 9.97. The zero-order chi connectivity index (χ0) is 26.7. The first kappa shape index (κ1) is 24.5. The number of fused-ring (bicyclic) bond motifs is 2. The van der Waals surface area contributed by atoms with Gasteiger partial charge in [0, 0.05) is 27.9 Å². The minimum absolute atomic E-state index is 0.229. The minimum atomic E-state index is -0.733. The van der Waals surface area contributed by atoms with Crippen LogP contribution in [0.25, 0.3) is 43.4 Å². The summed E-state index contributed by atoms with van der Waals surface area (Å²) in [5.74, 6) is 0.434. The fourth-order valence-electron chi connectivity index (χ4n) is 6.21. The lowest BCUT2D eigenvalue weighted by molar-refractivity contribution is -0.0430. The molecule has 4 heterocycles. The number of allylic oxidation sites excluding steroid dienone is 2. The van der Waals surface area contributed by atoms with Crippen molar-refractivity contribution in [3.63, 3.8) is 0 Å². The first-order valence-electron chi connectivity index (χ1n) is 13.4. The van der Waals surface area contributed by atoms with Gasteiger partial charge >= 0.3 is 0 Å². The zero-order valence-corrected chi connectivity index (χ0v) is 22.5. The summed E-state index contributed by atoms with van der Waals surface area (Å²) in [4.78, 5) is 11.4. The summed E-state index contributed by atoms with van der Waals surface area (Å²) in [5.41, 5.74) is 13.3. The van der Waals surface area contributed by atoms with E-state index in [2.05, 4.69) is 71.6 Å². The largest absolute Gasteiger partial charge is 0.394 e. The molecule has 0 bridgehead atoms. The number of nitrogens with zero attached hydrogens (tertiary/aromatic N) is 3. The molecule has 4 N–H and O–H groups in total. The smallest absolute Gasteiger partial charge is 0.148 e. The Morgan fingerprint density at radius 1 is 1.05 bits per heavy atom. The van der Waals surface area contributed by atoms with Crippen molar-refractivity contribution in [2.45, 2.75) is 51.0 Å². The molecule has 0 unspecified atom stereocenters. The van der Waals surface area contributed by atoms with E-state index >= 15 is 0 Å². The first-order valence-corrected chi connectivity index (χ1v) is 14.2.